The summed E-state index contributed by atoms with van der Waals surface area (Å²) in [6.07, 6.45) is 4.05. The first-order valence-electron chi connectivity index (χ1n) is 14.5. The highest BCUT2D eigenvalue weighted by Crippen LogP contribution is 2.32. The third-order valence-electron chi connectivity index (χ3n) is 6.66. The quantitative estimate of drug-likeness (QED) is 0.0781. The molecule has 0 fully saturated rings. The number of carbonyl (C=O) groups excluding carboxylic acids is 3. The van der Waals surface area contributed by atoms with Gasteiger partial charge in [0.2, 0.25) is 0 Å². The summed E-state index contributed by atoms with van der Waals surface area (Å²) in [4.78, 5) is 37.4. The van der Waals surface area contributed by atoms with Crippen molar-refractivity contribution >= 4 is 38.9 Å². The number of unbranched alkanes of at least 4 members (excludes halogenated alkanes) is 4. The summed E-state index contributed by atoms with van der Waals surface area (Å²) in [5, 5.41) is 25.0. The molecular weight excluding hydrogens is 592 g/mol. The second-order valence-corrected chi connectivity index (χ2v) is 11.8. The van der Waals surface area contributed by atoms with E-state index in [1.165, 1.54) is 37.3 Å². The minimum atomic E-state index is -4.01. The largest absolute Gasteiger partial charge is 0.505 e. The molecule has 0 saturated carbocycles. The molecule has 1 aromatic heterocycles. The van der Waals surface area contributed by atoms with Crippen molar-refractivity contribution in [2.45, 2.75) is 76.8 Å². The predicted molar refractivity (Wildman–Crippen MR) is 161 cm³/mol. The van der Waals surface area contributed by atoms with E-state index in [0.717, 1.165) is 30.5 Å². The number of nitrogens with one attached hydrogen (secondary N) is 2. The van der Waals surface area contributed by atoms with Crippen LogP contribution in [0, 0.1) is 0 Å². The van der Waals surface area contributed by atoms with E-state index in [1.807, 2.05) is 6.92 Å². The number of benzene rings is 2. The SMILES string of the molecule is CCCCOS(=O)(=O)c1ccc2nn(-c3cc(C(C)OC(C)=O)cc(CNC(=O)C(=O)NCCCCCCN)c3O)nc2c1. The second-order valence-electron chi connectivity index (χ2n) is 10.2. The lowest BCUT2D eigenvalue weighted by Crippen LogP contribution is -2.40. The summed E-state index contributed by atoms with van der Waals surface area (Å²) in [6.45, 7) is 5.58. The van der Waals surface area contributed by atoms with Crippen molar-refractivity contribution in [3.8, 4) is 11.4 Å². The lowest BCUT2D eigenvalue weighted by molar-refractivity contribution is -0.145. The number of aromatic hydroxyl groups is 1. The summed E-state index contributed by atoms with van der Waals surface area (Å²) in [7, 11) is -4.01. The summed E-state index contributed by atoms with van der Waals surface area (Å²) >= 11 is 0. The Morgan fingerprint density at radius 2 is 1.70 bits per heavy atom. The van der Waals surface area contributed by atoms with Crippen LogP contribution in [0.15, 0.2) is 35.2 Å². The number of amides is 2. The Balaban J connectivity index is 1.86. The maximum absolute atomic E-state index is 12.6. The molecule has 2 amide bonds. The molecule has 5 N–H and O–H groups in total. The van der Waals surface area contributed by atoms with E-state index in [2.05, 4.69) is 20.8 Å². The Hall–Kier alpha value is -4.08. The van der Waals surface area contributed by atoms with Crippen LogP contribution in [0.1, 0.15) is 76.5 Å². The topological polar surface area (TPSA) is 205 Å². The first-order valence-corrected chi connectivity index (χ1v) is 15.9. The van der Waals surface area contributed by atoms with Crippen LogP contribution in [-0.2, 0) is 40.0 Å². The molecule has 0 aliphatic rings. The molecule has 15 heteroatoms. The summed E-state index contributed by atoms with van der Waals surface area (Å²) in [6, 6.07) is 7.18. The van der Waals surface area contributed by atoms with Crippen molar-refractivity contribution in [2.24, 2.45) is 5.73 Å². The van der Waals surface area contributed by atoms with Gasteiger partial charge in [-0.3, -0.25) is 18.6 Å². The van der Waals surface area contributed by atoms with Crippen LogP contribution in [0.2, 0.25) is 0 Å². The molecule has 2 aromatic carbocycles. The second kappa shape index (κ2) is 16.1. The Morgan fingerprint density at radius 1 is 1.00 bits per heavy atom. The third kappa shape index (κ3) is 9.46. The number of fused-ring (bicyclic) bond motifs is 1. The van der Waals surface area contributed by atoms with Crippen molar-refractivity contribution in [2.75, 3.05) is 19.7 Å². The molecule has 1 atom stereocenters. The first kappa shape index (κ1) is 34.4. The van der Waals surface area contributed by atoms with E-state index in [0.29, 0.717) is 37.0 Å². The first-order chi connectivity index (χ1) is 21.0. The van der Waals surface area contributed by atoms with Gasteiger partial charge >= 0.3 is 17.8 Å². The van der Waals surface area contributed by atoms with E-state index in [4.69, 9.17) is 14.7 Å². The maximum atomic E-state index is 12.6. The zero-order chi connectivity index (χ0) is 32.3. The van der Waals surface area contributed by atoms with E-state index >= 15 is 0 Å². The fourth-order valence-electron chi connectivity index (χ4n) is 4.24. The number of ether oxygens (including phenoxy) is 1. The zero-order valence-corrected chi connectivity index (χ0v) is 26.0. The maximum Gasteiger partial charge on any atom is 0.309 e. The standard InChI is InChI=1S/C29H40N6O8S/c1-4-5-14-42-44(40,41)23-10-11-24-25(17-23)34-35(33-24)26-16-21(19(2)43-20(3)36)15-22(27(26)37)18-32-29(39)28(38)31-13-9-7-6-8-12-30/h10-11,15-17,19,37H,4-9,12-14,18,30H2,1-3H3,(H,31,38)(H,32,39). The number of nitrogens with two attached hydrogens (primary N) is 1. The van der Waals surface area contributed by atoms with Crippen LogP contribution < -0.4 is 16.4 Å². The van der Waals surface area contributed by atoms with Gasteiger partial charge in [-0.05, 0) is 68.6 Å². The minimum absolute atomic E-state index is 0.0565. The van der Waals surface area contributed by atoms with E-state index in [9.17, 15) is 27.9 Å². The van der Waals surface area contributed by atoms with Gasteiger partial charge in [0.1, 0.15) is 28.6 Å². The van der Waals surface area contributed by atoms with Gasteiger partial charge in [0, 0.05) is 25.6 Å². The average Bonchev–Trinajstić information content (AvgIpc) is 3.41. The molecule has 44 heavy (non-hydrogen) atoms. The van der Waals surface area contributed by atoms with Gasteiger partial charge in [0.15, 0.2) is 0 Å². The number of carbonyl (C=O) groups is 3. The van der Waals surface area contributed by atoms with Crippen molar-refractivity contribution in [3.05, 3.63) is 41.5 Å². The summed E-state index contributed by atoms with van der Waals surface area (Å²) < 4.78 is 35.6. The molecule has 0 aliphatic carbocycles. The molecule has 240 valence electrons. The van der Waals surface area contributed by atoms with Crippen LogP contribution in [0.4, 0.5) is 0 Å². The number of phenolic OH excluding ortho intramolecular Hbond substituents is 1. The van der Waals surface area contributed by atoms with Gasteiger partial charge in [-0.25, -0.2) is 0 Å². The summed E-state index contributed by atoms with van der Waals surface area (Å²) in [5.74, 6) is -2.53. The highest BCUT2D eigenvalue weighted by atomic mass is 32.2. The fraction of sp³-hybridized carbons (Fsp3) is 0.483. The van der Waals surface area contributed by atoms with Gasteiger partial charge in [-0.1, -0.05) is 26.2 Å². The smallest absolute Gasteiger partial charge is 0.309 e. The Labute approximate surface area is 256 Å². The number of nitrogens with zero attached hydrogens (tertiary/aromatic N) is 3. The molecule has 1 heterocycles. The van der Waals surface area contributed by atoms with Crippen LogP contribution >= 0.6 is 0 Å². The molecule has 0 aliphatic heterocycles. The van der Waals surface area contributed by atoms with E-state index < -0.39 is 34.0 Å². The van der Waals surface area contributed by atoms with Gasteiger partial charge in [0.25, 0.3) is 10.1 Å². The number of hydrogen-bond acceptors (Lipinski definition) is 11. The van der Waals surface area contributed by atoms with Crippen LogP contribution in [-0.4, -0.2) is 66.0 Å². The molecular formula is C29H40N6O8S. The molecule has 0 bridgehead atoms. The zero-order valence-electron chi connectivity index (χ0n) is 25.2. The molecule has 0 radical (unpaired) electrons. The van der Waals surface area contributed by atoms with Crippen LogP contribution in [0.25, 0.3) is 16.7 Å². The highest BCUT2D eigenvalue weighted by Gasteiger charge is 2.22. The normalized spacial score (nSPS) is 12.2. The number of rotatable bonds is 16. The van der Waals surface area contributed by atoms with E-state index in [-0.39, 0.29) is 40.6 Å². The minimum Gasteiger partial charge on any atom is -0.505 e. The number of hydrogen-bond donors (Lipinski definition) is 4. The monoisotopic (exact) mass is 632 g/mol. The van der Waals surface area contributed by atoms with Gasteiger partial charge < -0.3 is 26.2 Å². The summed E-state index contributed by atoms with van der Waals surface area (Å²) in [5.41, 5.74) is 6.76. The Kier molecular flexibility index (Phi) is 12.6. The van der Waals surface area contributed by atoms with Crippen molar-refractivity contribution in [1.29, 1.82) is 0 Å². The molecule has 3 rings (SSSR count). The van der Waals surface area contributed by atoms with Gasteiger partial charge in [-0.2, -0.15) is 8.42 Å². The van der Waals surface area contributed by atoms with E-state index in [1.54, 1.807) is 6.92 Å². The van der Waals surface area contributed by atoms with Gasteiger partial charge in [0.05, 0.1) is 11.5 Å². The predicted octanol–water partition coefficient (Wildman–Crippen LogP) is 2.51. The molecule has 14 nitrogen and oxygen atoms in total. The fourth-order valence-corrected chi connectivity index (χ4v) is 5.20. The molecule has 1 unspecified atom stereocenters. The van der Waals surface area contributed by atoms with Crippen molar-refractivity contribution in [1.82, 2.24) is 25.6 Å². The number of esters is 1. The lowest BCUT2D eigenvalue weighted by atomic mass is 10.0. The Morgan fingerprint density at radius 3 is 2.41 bits per heavy atom. The lowest BCUT2D eigenvalue weighted by Gasteiger charge is -2.17. The van der Waals surface area contributed by atoms with Gasteiger partial charge in [-0.15, -0.1) is 15.0 Å². The highest BCUT2D eigenvalue weighted by molar-refractivity contribution is 7.86. The molecule has 0 saturated heterocycles. The van der Waals surface area contributed by atoms with Crippen LogP contribution in [0.5, 0.6) is 5.75 Å². The van der Waals surface area contributed by atoms with Crippen molar-refractivity contribution < 1.29 is 36.8 Å². The number of aromatic nitrogens is 3. The molecule has 0 spiro atoms. The van der Waals surface area contributed by atoms with Crippen LogP contribution in [0.3, 0.4) is 0 Å². The third-order valence-corrected chi connectivity index (χ3v) is 7.97. The Bertz CT molecular complexity index is 1570. The average molecular weight is 633 g/mol. The number of phenols is 1. The molecule has 3 aromatic rings. The van der Waals surface area contributed by atoms with Crippen molar-refractivity contribution in [3.63, 3.8) is 0 Å².